The summed E-state index contributed by atoms with van der Waals surface area (Å²) in [5, 5.41) is 15.9. The normalized spacial score (nSPS) is 16.3. The summed E-state index contributed by atoms with van der Waals surface area (Å²) in [7, 11) is 0. The molecule has 2 aliphatic rings. The molecule has 1 fully saturated rings. The fraction of sp³-hybridized carbons (Fsp3) is 0.375. The summed E-state index contributed by atoms with van der Waals surface area (Å²) < 4.78 is 0. The van der Waals surface area contributed by atoms with Gasteiger partial charge in [0.05, 0.1) is 18.4 Å². The third kappa shape index (κ3) is 3.63. The first-order chi connectivity index (χ1) is 12.2. The number of piperazine rings is 1. The van der Waals surface area contributed by atoms with Crippen molar-refractivity contribution in [3.8, 4) is 0 Å². The molecular formula is C16H20ClN7O2. The molecule has 2 aliphatic heterocycles. The van der Waals surface area contributed by atoms with Crippen LogP contribution in [0.25, 0.3) is 0 Å². The van der Waals surface area contributed by atoms with Crippen molar-refractivity contribution >= 4 is 35.7 Å². The van der Waals surface area contributed by atoms with Crippen LogP contribution in [0.2, 0.25) is 0 Å². The monoisotopic (exact) mass is 377 g/mol. The van der Waals surface area contributed by atoms with Crippen molar-refractivity contribution in [1.29, 1.82) is 0 Å². The summed E-state index contributed by atoms with van der Waals surface area (Å²) in [4.78, 5) is 30.2. The maximum atomic E-state index is 12.5. The standard InChI is InChI=1S/C16H19N7O2.ClH/c24-14-9-23(6-5-18-14)13-2-1-10(7-19-13)20-16(25)15-11-8-17-4-3-12(11)21-22-15;/h1-2,7,17H,3-6,8-9H2,(H,18,24)(H,20,25)(H,21,22);1H. The maximum Gasteiger partial charge on any atom is 0.276 e. The number of rotatable bonds is 3. The number of carbonyl (C=O) groups is 2. The Bertz CT molecular complexity index is 805. The second-order valence-corrected chi connectivity index (χ2v) is 6.09. The Labute approximate surface area is 156 Å². The van der Waals surface area contributed by atoms with E-state index >= 15 is 0 Å². The SMILES string of the molecule is Cl.O=C1CN(c2ccc(NC(=O)c3n[nH]c4c3CNCC4)cn2)CCN1. The van der Waals surface area contributed by atoms with E-state index in [1.54, 1.807) is 18.3 Å². The van der Waals surface area contributed by atoms with Crippen molar-refractivity contribution in [1.82, 2.24) is 25.8 Å². The van der Waals surface area contributed by atoms with Gasteiger partial charge in [-0.1, -0.05) is 0 Å². The molecule has 0 atom stereocenters. The van der Waals surface area contributed by atoms with Crippen LogP contribution >= 0.6 is 12.4 Å². The minimum Gasteiger partial charge on any atom is -0.353 e. The lowest BCUT2D eigenvalue weighted by atomic mass is 10.1. The van der Waals surface area contributed by atoms with Crippen LogP contribution in [-0.2, 0) is 17.8 Å². The van der Waals surface area contributed by atoms with Crippen LogP contribution in [0.4, 0.5) is 11.5 Å². The first-order valence-electron chi connectivity index (χ1n) is 8.26. The van der Waals surface area contributed by atoms with Gasteiger partial charge in [0.2, 0.25) is 5.91 Å². The minimum atomic E-state index is -0.256. The van der Waals surface area contributed by atoms with Gasteiger partial charge >= 0.3 is 0 Å². The Hall–Kier alpha value is -2.65. The number of fused-ring (bicyclic) bond motifs is 1. The molecule has 4 heterocycles. The largest absolute Gasteiger partial charge is 0.353 e. The molecule has 0 saturated carbocycles. The van der Waals surface area contributed by atoms with Crippen molar-refractivity contribution in [3.05, 3.63) is 35.3 Å². The van der Waals surface area contributed by atoms with Gasteiger partial charge in [0.1, 0.15) is 5.82 Å². The predicted octanol–water partition coefficient (Wildman–Crippen LogP) is 0.0607. The molecule has 0 aromatic carbocycles. The zero-order chi connectivity index (χ0) is 17.2. The van der Waals surface area contributed by atoms with Crippen LogP contribution in [0.5, 0.6) is 0 Å². The first kappa shape index (κ1) is 18.2. The van der Waals surface area contributed by atoms with Gasteiger partial charge in [0, 0.05) is 43.9 Å². The molecular weight excluding hydrogens is 358 g/mol. The molecule has 9 nitrogen and oxygen atoms in total. The fourth-order valence-electron chi connectivity index (χ4n) is 3.08. The Morgan fingerprint density at radius 2 is 2.15 bits per heavy atom. The molecule has 138 valence electrons. The van der Waals surface area contributed by atoms with Gasteiger partial charge in [-0.25, -0.2) is 4.98 Å². The molecule has 2 aromatic rings. The topological polar surface area (TPSA) is 115 Å². The highest BCUT2D eigenvalue weighted by Gasteiger charge is 2.22. The lowest BCUT2D eigenvalue weighted by Gasteiger charge is -2.27. The summed E-state index contributed by atoms with van der Waals surface area (Å²) in [5.74, 6) is 0.449. The molecule has 2 amide bonds. The van der Waals surface area contributed by atoms with Gasteiger partial charge < -0.3 is 20.9 Å². The number of H-pyrrole nitrogens is 1. The number of pyridine rings is 1. The van der Waals surface area contributed by atoms with Crippen molar-refractivity contribution in [2.75, 3.05) is 36.4 Å². The molecule has 0 bridgehead atoms. The van der Waals surface area contributed by atoms with Crippen LogP contribution in [0.15, 0.2) is 18.3 Å². The average molecular weight is 378 g/mol. The molecule has 10 heteroatoms. The number of hydrogen-bond acceptors (Lipinski definition) is 6. The highest BCUT2D eigenvalue weighted by molar-refractivity contribution is 6.04. The summed E-state index contributed by atoms with van der Waals surface area (Å²) in [5.41, 5.74) is 2.95. The molecule has 4 N–H and O–H groups in total. The lowest BCUT2D eigenvalue weighted by Crippen LogP contribution is -2.48. The lowest BCUT2D eigenvalue weighted by molar-refractivity contribution is -0.120. The zero-order valence-corrected chi connectivity index (χ0v) is 14.9. The van der Waals surface area contributed by atoms with Gasteiger partial charge in [0.25, 0.3) is 5.91 Å². The van der Waals surface area contributed by atoms with E-state index < -0.39 is 0 Å². The molecule has 0 radical (unpaired) electrons. The van der Waals surface area contributed by atoms with Crippen LogP contribution in [0.3, 0.4) is 0 Å². The van der Waals surface area contributed by atoms with Crippen molar-refractivity contribution < 1.29 is 9.59 Å². The number of aromatic nitrogens is 3. The van der Waals surface area contributed by atoms with E-state index in [1.807, 2.05) is 4.90 Å². The highest BCUT2D eigenvalue weighted by atomic mass is 35.5. The van der Waals surface area contributed by atoms with Crippen LogP contribution in [-0.4, -0.2) is 53.2 Å². The van der Waals surface area contributed by atoms with E-state index in [0.29, 0.717) is 36.8 Å². The smallest absolute Gasteiger partial charge is 0.276 e. The fourth-order valence-corrected chi connectivity index (χ4v) is 3.08. The van der Waals surface area contributed by atoms with Crippen LogP contribution in [0, 0.1) is 0 Å². The molecule has 0 spiro atoms. The van der Waals surface area contributed by atoms with E-state index in [0.717, 1.165) is 30.8 Å². The van der Waals surface area contributed by atoms with Gasteiger partial charge in [-0.05, 0) is 12.1 Å². The molecule has 0 unspecified atom stereocenters. The van der Waals surface area contributed by atoms with Crippen molar-refractivity contribution in [3.63, 3.8) is 0 Å². The first-order valence-corrected chi connectivity index (χ1v) is 8.26. The number of halogens is 1. The van der Waals surface area contributed by atoms with Crippen molar-refractivity contribution in [2.45, 2.75) is 13.0 Å². The Morgan fingerprint density at radius 1 is 1.27 bits per heavy atom. The number of carbonyl (C=O) groups excluding carboxylic acids is 2. The average Bonchev–Trinajstić information content (AvgIpc) is 3.06. The number of nitrogens with zero attached hydrogens (tertiary/aromatic N) is 3. The van der Waals surface area contributed by atoms with E-state index in [1.165, 1.54) is 0 Å². The van der Waals surface area contributed by atoms with Crippen molar-refractivity contribution in [2.24, 2.45) is 0 Å². The molecule has 2 aromatic heterocycles. The number of nitrogens with one attached hydrogen (secondary N) is 4. The summed E-state index contributed by atoms with van der Waals surface area (Å²) in [6.45, 7) is 3.15. The van der Waals surface area contributed by atoms with E-state index in [-0.39, 0.29) is 24.2 Å². The highest BCUT2D eigenvalue weighted by Crippen LogP contribution is 2.18. The predicted molar refractivity (Wildman–Crippen MR) is 98.7 cm³/mol. The van der Waals surface area contributed by atoms with Gasteiger partial charge in [-0.3, -0.25) is 14.7 Å². The minimum absolute atomic E-state index is 0. The number of anilines is 2. The second-order valence-electron chi connectivity index (χ2n) is 6.09. The summed E-state index contributed by atoms with van der Waals surface area (Å²) in [6, 6.07) is 3.58. The van der Waals surface area contributed by atoms with E-state index in [4.69, 9.17) is 0 Å². The third-order valence-electron chi connectivity index (χ3n) is 4.39. The zero-order valence-electron chi connectivity index (χ0n) is 14.0. The van der Waals surface area contributed by atoms with Crippen LogP contribution in [0.1, 0.15) is 21.7 Å². The number of hydrogen-bond donors (Lipinski definition) is 4. The van der Waals surface area contributed by atoms with Crippen LogP contribution < -0.4 is 20.9 Å². The second kappa shape index (κ2) is 7.71. The number of amides is 2. The Balaban J connectivity index is 0.00000196. The summed E-state index contributed by atoms with van der Waals surface area (Å²) >= 11 is 0. The Morgan fingerprint density at radius 3 is 2.92 bits per heavy atom. The molecule has 4 rings (SSSR count). The molecule has 26 heavy (non-hydrogen) atoms. The van der Waals surface area contributed by atoms with Gasteiger partial charge in [-0.15, -0.1) is 12.4 Å². The molecule has 0 aliphatic carbocycles. The van der Waals surface area contributed by atoms with Gasteiger partial charge in [0.15, 0.2) is 5.69 Å². The van der Waals surface area contributed by atoms with Gasteiger partial charge in [-0.2, -0.15) is 5.10 Å². The summed E-state index contributed by atoms with van der Waals surface area (Å²) in [6.07, 6.45) is 2.44. The van der Waals surface area contributed by atoms with E-state index in [9.17, 15) is 9.59 Å². The van der Waals surface area contributed by atoms with E-state index in [2.05, 4.69) is 31.1 Å². The Kier molecular flexibility index (Phi) is 5.38. The molecule has 1 saturated heterocycles. The third-order valence-corrected chi connectivity index (χ3v) is 4.39. The maximum absolute atomic E-state index is 12.5. The quantitative estimate of drug-likeness (QED) is 0.601. The number of aromatic amines is 1.